The highest BCUT2D eigenvalue weighted by Crippen LogP contribution is 2.52. The number of hydrogen-bond acceptors (Lipinski definition) is 3. The van der Waals surface area contributed by atoms with E-state index in [2.05, 4.69) is 0 Å². The molecule has 0 unspecified atom stereocenters. The molecule has 0 radical (unpaired) electrons. The molecular formula is C11H15NO2S. The maximum atomic E-state index is 11.7. The van der Waals surface area contributed by atoms with Gasteiger partial charge in [-0.1, -0.05) is 12.1 Å². The number of anilines is 1. The predicted molar refractivity (Wildman–Crippen MR) is 61.3 cm³/mol. The van der Waals surface area contributed by atoms with Crippen LogP contribution in [0, 0.1) is 6.92 Å². The molecule has 1 aromatic carbocycles. The molecule has 82 valence electrons. The van der Waals surface area contributed by atoms with Gasteiger partial charge in [-0.3, -0.25) is 0 Å². The van der Waals surface area contributed by atoms with Gasteiger partial charge in [0.2, 0.25) is 0 Å². The molecule has 0 aliphatic heterocycles. The third kappa shape index (κ3) is 1.53. The van der Waals surface area contributed by atoms with Crippen LogP contribution < -0.4 is 5.73 Å². The van der Waals surface area contributed by atoms with Crippen molar-refractivity contribution in [1.82, 2.24) is 0 Å². The van der Waals surface area contributed by atoms with Gasteiger partial charge in [-0.2, -0.15) is 0 Å². The molecule has 15 heavy (non-hydrogen) atoms. The zero-order valence-electron chi connectivity index (χ0n) is 8.95. The highest BCUT2D eigenvalue weighted by Gasteiger charge is 2.53. The molecule has 0 saturated heterocycles. The number of sulfone groups is 1. The first-order valence-corrected chi connectivity index (χ1v) is 6.82. The van der Waals surface area contributed by atoms with Gasteiger partial charge in [0.25, 0.3) is 0 Å². The maximum Gasteiger partial charge on any atom is 0.157 e. The van der Waals surface area contributed by atoms with Crippen molar-refractivity contribution in [1.29, 1.82) is 0 Å². The highest BCUT2D eigenvalue weighted by molar-refractivity contribution is 7.92. The summed E-state index contributed by atoms with van der Waals surface area (Å²) in [4.78, 5) is 0. The Kier molecular flexibility index (Phi) is 2.08. The van der Waals surface area contributed by atoms with Crippen LogP contribution in [-0.2, 0) is 14.6 Å². The summed E-state index contributed by atoms with van der Waals surface area (Å²) in [6.07, 6.45) is 2.73. The van der Waals surface area contributed by atoms with E-state index in [4.69, 9.17) is 5.73 Å². The van der Waals surface area contributed by atoms with Gasteiger partial charge in [0.1, 0.15) is 0 Å². The molecular weight excluding hydrogens is 210 g/mol. The normalized spacial score (nSPS) is 18.8. The second-order valence-corrected chi connectivity index (χ2v) is 6.66. The molecule has 0 heterocycles. The van der Waals surface area contributed by atoms with Crippen LogP contribution in [0.15, 0.2) is 18.2 Å². The lowest BCUT2D eigenvalue weighted by molar-refractivity contribution is 0.586. The topological polar surface area (TPSA) is 60.2 Å². The second-order valence-electron chi connectivity index (χ2n) is 4.34. The summed E-state index contributed by atoms with van der Waals surface area (Å²) >= 11 is 0. The van der Waals surface area contributed by atoms with Crippen molar-refractivity contribution >= 4 is 15.5 Å². The molecule has 1 aromatic rings. The first kappa shape index (κ1) is 10.5. The number of benzene rings is 1. The third-order valence-electron chi connectivity index (χ3n) is 3.22. The zero-order valence-corrected chi connectivity index (χ0v) is 9.76. The van der Waals surface area contributed by atoms with Gasteiger partial charge < -0.3 is 5.73 Å². The summed E-state index contributed by atoms with van der Waals surface area (Å²) < 4.78 is 22.7. The minimum Gasteiger partial charge on any atom is -0.399 e. The van der Waals surface area contributed by atoms with E-state index in [9.17, 15) is 8.42 Å². The molecule has 1 saturated carbocycles. The van der Waals surface area contributed by atoms with Crippen molar-refractivity contribution in [2.24, 2.45) is 0 Å². The Labute approximate surface area is 90.2 Å². The van der Waals surface area contributed by atoms with Gasteiger partial charge in [0.05, 0.1) is 4.75 Å². The zero-order chi connectivity index (χ0) is 11.3. The average Bonchev–Trinajstić information content (AvgIpc) is 2.88. The molecule has 2 N–H and O–H groups in total. The van der Waals surface area contributed by atoms with Crippen molar-refractivity contribution in [3.63, 3.8) is 0 Å². The van der Waals surface area contributed by atoms with Crippen LogP contribution in [0.2, 0.25) is 0 Å². The lowest BCUT2D eigenvalue weighted by Crippen LogP contribution is -2.19. The Balaban J connectivity index is 2.52. The maximum absolute atomic E-state index is 11.7. The Morgan fingerprint density at radius 2 is 1.93 bits per heavy atom. The molecule has 3 nitrogen and oxygen atoms in total. The van der Waals surface area contributed by atoms with Gasteiger partial charge in [-0.15, -0.1) is 0 Å². The van der Waals surface area contributed by atoms with Gasteiger partial charge in [0.15, 0.2) is 9.84 Å². The van der Waals surface area contributed by atoms with Gasteiger partial charge in [-0.25, -0.2) is 8.42 Å². The summed E-state index contributed by atoms with van der Waals surface area (Å²) in [5.74, 6) is 0. The minimum atomic E-state index is -3.03. The predicted octanol–water partition coefficient (Wildman–Crippen LogP) is 1.61. The Morgan fingerprint density at radius 1 is 1.33 bits per heavy atom. The van der Waals surface area contributed by atoms with Crippen molar-refractivity contribution in [3.05, 3.63) is 29.3 Å². The van der Waals surface area contributed by atoms with E-state index in [0.717, 1.165) is 11.1 Å². The lowest BCUT2D eigenvalue weighted by Gasteiger charge is -2.14. The largest absolute Gasteiger partial charge is 0.399 e. The first-order valence-electron chi connectivity index (χ1n) is 4.93. The minimum absolute atomic E-state index is 0.644. The van der Waals surface area contributed by atoms with Gasteiger partial charge in [0, 0.05) is 11.9 Å². The fourth-order valence-electron chi connectivity index (χ4n) is 1.91. The monoisotopic (exact) mass is 225 g/mol. The summed E-state index contributed by atoms with van der Waals surface area (Å²) in [5.41, 5.74) is 8.29. The molecule has 0 spiro atoms. The number of nitrogens with two attached hydrogens (primary N) is 1. The number of nitrogen functional groups attached to an aromatic ring is 1. The Bertz CT molecular complexity index is 501. The summed E-state index contributed by atoms with van der Waals surface area (Å²) in [6.45, 7) is 1.92. The summed E-state index contributed by atoms with van der Waals surface area (Å²) in [6, 6.07) is 5.55. The smallest absolute Gasteiger partial charge is 0.157 e. The van der Waals surface area contributed by atoms with E-state index in [0.29, 0.717) is 18.5 Å². The van der Waals surface area contributed by atoms with E-state index in [1.165, 1.54) is 6.26 Å². The fraction of sp³-hybridized carbons (Fsp3) is 0.455. The van der Waals surface area contributed by atoms with Crippen molar-refractivity contribution < 1.29 is 8.42 Å². The van der Waals surface area contributed by atoms with E-state index in [-0.39, 0.29) is 0 Å². The molecule has 0 amide bonds. The van der Waals surface area contributed by atoms with E-state index < -0.39 is 14.6 Å². The van der Waals surface area contributed by atoms with E-state index >= 15 is 0 Å². The average molecular weight is 225 g/mol. The molecule has 0 bridgehead atoms. The molecule has 1 aliphatic rings. The van der Waals surface area contributed by atoms with Crippen LogP contribution in [0.4, 0.5) is 5.69 Å². The summed E-state index contributed by atoms with van der Waals surface area (Å²) in [7, 11) is -3.03. The van der Waals surface area contributed by atoms with Crippen LogP contribution in [0.25, 0.3) is 0 Å². The van der Waals surface area contributed by atoms with Crippen molar-refractivity contribution in [2.75, 3.05) is 12.0 Å². The summed E-state index contributed by atoms with van der Waals surface area (Å²) in [5, 5.41) is 0. The number of hydrogen-bond donors (Lipinski definition) is 1. The van der Waals surface area contributed by atoms with E-state index in [1.807, 2.05) is 19.1 Å². The standard InChI is InChI=1S/C11H15NO2S/c1-8-3-4-9(7-10(8)12)11(5-6-11)15(2,13)14/h3-4,7H,5-6,12H2,1-2H3. The van der Waals surface area contributed by atoms with Crippen LogP contribution in [0.1, 0.15) is 24.0 Å². The molecule has 0 atom stereocenters. The molecule has 1 aliphatic carbocycles. The first-order chi connectivity index (χ1) is 6.87. The Hall–Kier alpha value is -1.03. The SMILES string of the molecule is Cc1ccc(C2(S(C)(=O)=O)CC2)cc1N. The molecule has 1 fully saturated rings. The van der Waals surface area contributed by atoms with E-state index in [1.54, 1.807) is 6.07 Å². The van der Waals surface area contributed by atoms with Crippen LogP contribution in [0.3, 0.4) is 0 Å². The quantitative estimate of drug-likeness (QED) is 0.778. The van der Waals surface area contributed by atoms with Crippen molar-refractivity contribution in [3.8, 4) is 0 Å². The second kappa shape index (κ2) is 2.98. The van der Waals surface area contributed by atoms with Crippen molar-refractivity contribution in [2.45, 2.75) is 24.5 Å². The third-order valence-corrected chi connectivity index (χ3v) is 5.28. The number of aryl methyl sites for hydroxylation is 1. The number of rotatable bonds is 2. The highest BCUT2D eigenvalue weighted by atomic mass is 32.2. The van der Waals surface area contributed by atoms with Gasteiger partial charge in [-0.05, 0) is 37.0 Å². The van der Waals surface area contributed by atoms with Crippen LogP contribution in [0.5, 0.6) is 0 Å². The van der Waals surface area contributed by atoms with Crippen LogP contribution >= 0.6 is 0 Å². The van der Waals surface area contributed by atoms with Crippen LogP contribution in [-0.4, -0.2) is 14.7 Å². The Morgan fingerprint density at radius 3 is 2.33 bits per heavy atom. The fourth-order valence-corrected chi connectivity index (χ4v) is 3.31. The molecule has 4 heteroatoms. The lowest BCUT2D eigenvalue weighted by atomic mass is 10.1. The molecule has 0 aromatic heterocycles. The van der Waals surface area contributed by atoms with Gasteiger partial charge >= 0.3 is 0 Å². The molecule has 2 rings (SSSR count).